The van der Waals surface area contributed by atoms with E-state index in [0.29, 0.717) is 21.5 Å². The summed E-state index contributed by atoms with van der Waals surface area (Å²) in [5.74, 6) is -4.94. The van der Waals surface area contributed by atoms with E-state index in [9.17, 15) is 34.8 Å². The molecule has 15 nitrogen and oxygen atoms in total. The van der Waals surface area contributed by atoms with Gasteiger partial charge in [-0.3, -0.25) is 4.79 Å². The van der Waals surface area contributed by atoms with Crippen LogP contribution in [0.1, 0.15) is 91.0 Å². The Morgan fingerprint density at radius 3 is 1.20 bits per heavy atom. The Bertz CT molecular complexity index is 4590. The number of hydrogen-bond donors (Lipinski definition) is 4. The molecular formula is C80H81N7O8. The molecule has 4 aromatic heterocycles. The van der Waals surface area contributed by atoms with E-state index in [-0.39, 0.29) is 34.6 Å². The lowest BCUT2D eigenvalue weighted by molar-refractivity contribution is -0.646. The van der Waals surface area contributed by atoms with Gasteiger partial charge in [0.15, 0.2) is 0 Å². The van der Waals surface area contributed by atoms with Crippen LogP contribution in [-0.2, 0) is 25.3 Å². The monoisotopic (exact) mass is 1270 g/mol. The second kappa shape index (κ2) is 29.5. The van der Waals surface area contributed by atoms with Crippen molar-refractivity contribution >= 4 is 96.9 Å². The smallest absolute Gasteiger partial charge is 0.320 e. The molecule has 0 aliphatic carbocycles. The number of carboxylic acid groups (broad SMARTS) is 3. The Labute approximate surface area is 554 Å². The lowest BCUT2D eigenvalue weighted by Crippen LogP contribution is -2.34. The van der Waals surface area contributed by atoms with Gasteiger partial charge in [0.1, 0.15) is 31.6 Å². The first kappa shape index (κ1) is 68.1. The number of hydrogen-bond acceptors (Lipinski definition) is 10. The first-order valence-corrected chi connectivity index (χ1v) is 31.3. The zero-order valence-corrected chi connectivity index (χ0v) is 55.8. The fourth-order valence-electron chi connectivity index (χ4n) is 11.9. The maximum absolute atomic E-state index is 11.5. The average molecular weight is 1270 g/mol. The molecule has 0 saturated carbocycles. The Morgan fingerprint density at radius 1 is 0.495 bits per heavy atom. The molecule has 0 aliphatic rings. The van der Waals surface area contributed by atoms with E-state index in [2.05, 4.69) is 256 Å². The number of anilines is 2. The second-order valence-corrected chi connectivity index (χ2v) is 24.4. The molecule has 0 aliphatic heterocycles. The molecule has 5 N–H and O–H groups in total. The van der Waals surface area contributed by atoms with Gasteiger partial charge in [0, 0.05) is 150 Å². The summed E-state index contributed by atoms with van der Waals surface area (Å²) in [6.07, 6.45) is 8.75. The van der Waals surface area contributed by atoms with Gasteiger partial charge in [-0.15, -0.1) is 0 Å². The number of benzene rings is 8. The van der Waals surface area contributed by atoms with Gasteiger partial charge in [0.05, 0.1) is 11.9 Å². The Balaban J connectivity index is 0.000000158. The quantitative estimate of drug-likeness (QED) is 0.0753. The summed E-state index contributed by atoms with van der Waals surface area (Å²) in [7, 11) is 12.6. The van der Waals surface area contributed by atoms with E-state index in [1.807, 2.05) is 0 Å². The van der Waals surface area contributed by atoms with Crippen LogP contribution in [0.5, 0.6) is 11.5 Å². The minimum absolute atomic E-state index is 0.0208. The van der Waals surface area contributed by atoms with Gasteiger partial charge in [-0.2, -0.15) is 9.13 Å². The number of aromatic carboxylic acids is 2. The third-order valence-corrected chi connectivity index (χ3v) is 17.3. The van der Waals surface area contributed by atoms with Gasteiger partial charge >= 0.3 is 5.97 Å². The highest BCUT2D eigenvalue weighted by molar-refractivity contribution is 6.02. The van der Waals surface area contributed by atoms with E-state index in [4.69, 9.17) is 10.8 Å². The van der Waals surface area contributed by atoms with Crippen LogP contribution in [0.15, 0.2) is 194 Å². The predicted octanol–water partition coefficient (Wildman–Crippen LogP) is 12.4. The number of carboxylic acids is 3. The van der Waals surface area contributed by atoms with Crippen molar-refractivity contribution in [3.8, 4) is 22.9 Å². The lowest BCUT2D eigenvalue weighted by Gasteiger charge is -2.18. The Morgan fingerprint density at radius 2 is 0.863 bits per heavy atom. The summed E-state index contributed by atoms with van der Waals surface area (Å²) in [6.45, 7) is 12.2. The number of nitrogens with zero attached hydrogens (tertiary/aromatic N) is 6. The number of para-hydroxylation sites is 2. The van der Waals surface area contributed by atoms with Gasteiger partial charge in [-0.05, 0) is 163 Å². The summed E-state index contributed by atoms with van der Waals surface area (Å²) >= 11 is 0. The molecule has 8 aromatic carbocycles. The van der Waals surface area contributed by atoms with Crippen molar-refractivity contribution < 1.29 is 49.1 Å². The van der Waals surface area contributed by atoms with Crippen LogP contribution in [0.4, 0.5) is 11.4 Å². The van der Waals surface area contributed by atoms with Gasteiger partial charge in [0.25, 0.3) is 0 Å². The molecule has 15 heteroatoms. The molecule has 0 unspecified atom stereocenters. The highest BCUT2D eigenvalue weighted by Crippen LogP contribution is 2.39. The van der Waals surface area contributed by atoms with Crippen LogP contribution in [0.3, 0.4) is 0 Å². The minimum Gasteiger partial charge on any atom is -0.545 e. The molecule has 0 amide bonds. The molecule has 95 heavy (non-hydrogen) atoms. The number of aromatic hydroxyl groups is 2. The minimum atomic E-state index is -1.54. The number of nitrogens with two attached hydrogens (primary N) is 1. The number of phenols is 2. The number of pyridine rings is 2. The zero-order chi connectivity index (χ0) is 68.5. The summed E-state index contributed by atoms with van der Waals surface area (Å²) in [5, 5.41) is 57.3. The van der Waals surface area contributed by atoms with Crippen molar-refractivity contribution in [3.63, 3.8) is 0 Å². The molecule has 484 valence electrons. The maximum Gasteiger partial charge on any atom is 0.320 e. The van der Waals surface area contributed by atoms with Gasteiger partial charge in [-0.1, -0.05) is 98.8 Å². The summed E-state index contributed by atoms with van der Waals surface area (Å²) < 4.78 is 9.12. The van der Waals surface area contributed by atoms with Crippen molar-refractivity contribution in [2.24, 2.45) is 25.7 Å². The molecule has 12 rings (SSSR count). The molecule has 0 radical (unpaired) electrons. The number of rotatable bonds is 14. The van der Waals surface area contributed by atoms with Crippen LogP contribution >= 0.6 is 0 Å². The lowest BCUT2D eigenvalue weighted by atomic mass is 9.90. The maximum atomic E-state index is 11.5. The fourth-order valence-corrected chi connectivity index (χ4v) is 11.9. The van der Waals surface area contributed by atoms with Crippen LogP contribution in [-0.4, -0.2) is 76.6 Å². The molecule has 0 spiro atoms. The van der Waals surface area contributed by atoms with E-state index < -0.39 is 35.4 Å². The summed E-state index contributed by atoms with van der Waals surface area (Å²) in [6, 6.07) is 63.2. The van der Waals surface area contributed by atoms with E-state index in [0.717, 1.165) is 0 Å². The first-order valence-electron chi connectivity index (χ1n) is 31.3. The summed E-state index contributed by atoms with van der Waals surface area (Å²) in [4.78, 5) is 37.3. The topological polar surface area (TPSA) is 208 Å². The highest BCUT2D eigenvalue weighted by atomic mass is 16.4. The third kappa shape index (κ3) is 15.1. The molecule has 0 fully saturated rings. The Kier molecular flexibility index (Phi) is 21.2. The second-order valence-electron chi connectivity index (χ2n) is 24.4. The van der Waals surface area contributed by atoms with Crippen molar-refractivity contribution in [1.82, 2.24) is 9.13 Å². The Hall–Kier alpha value is -11.3. The van der Waals surface area contributed by atoms with Crippen molar-refractivity contribution in [2.45, 2.75) is 54.0 Å². The highest BCUT2D eigenvalue weighted by Gasteiger charge is 2.21. The predicted molar refractivity (Wildman–Crippen MR) is 380 cm³/mol. The number of aryl methyl sites for hydroxylation is 4. The van der Waals surface area contributed by atoms with Gasteiger partial charge < -0.3 is 59.8 Å². The van der Waals surface area contributed by atoms with Crippen LogP contribution < -0.4 is 34.9 Å². The average Bonchev–Trinajstić information content (AvgIpc) is 1.62. The molecule has 0 saturated heterocycles. The van der Waals surface area contributed by atoms with E-state index in [1.165, 1.54) is 102 Å². The summed E-state index contributed by atoms with van der Waals surface area (Å²) in [5.41, 5.74) is 22.0. The molecule has 1 atom stereocenters. The first-order chi connectivity index (χ1) is 45.3. The van der Waals surface area contributed by atoms with Crippen molar-refractivity contribution in [3.05, 3.63) is 262 Å². The molecule has 4 heterocycles. The number of carbonyl (C=O) groups excluding carboxylic acids is 2. The SMILES string of the molecule is CC(C)[C@H](N)C(=O)O.Cc1cc(/C=C/c2ccc3cc(N(C)C)ccc3[n+]2C)c(C)n1-c1ccccc1.Cc1cc(/C=C/c2ccc3cc(N(C)C)ccc3[n+]2C)c(C)n1-c1ccccc1.O=C([O-])c1cc2ccccc2c(Cc2c(O)c(C(=O)[O-])cc3ccccc23)c1O. The standard InChI is InChI=1S/2C26H28N3.C23H16O6.C5H11NO2/c2*1-19-17-21(20(2)29(19)24-9-7-6-8-10-24)11-13-23-14-12-22-18-25(27(3)4)15-16-26(22)28(23)5;24-20-16(14-7-3-1-5-12(14)9-18(20)22(26)27)11-17-15-8-4-2-6-13(15)10-19(21(17)25)23(28)29;1-3(2)4(6)5(7)8/h2*6-18H,1-5H3;1-10,24-25H,11H2,(H,26,27)(H,28,29);3-4H,6H2,1-2H3,(H,7,8)/q2*+1;;/p-2/t;;;4-/m...0/s1. The van der Waals surface area contributed by atoms with E-state index >= 15 is 0 Å². The van der Waals surface area contributed by atoms with Crippen LogP contribution in [0.25, 0.3) is 79.0 Å². The molecule has 12 aromatic rings. The third-order valence-electron chi connectivity index (χ3n) is 17.3. The number of aliphatic carboxylic acids is 1. The van der Waals surface area contributed by atoms with Crippen LogP contribution in [0, 0.1) is 33.6 Å². The van der Waals surface area contributed by atoms with Crippen molar-refractivity contribution in [1.29, 1.82) is 0 Å². The van der Waals surface area contributed by atoms with Gasteiger partial charge in [-0.25, -0.2) is 0 Å². The number of fused-ring (bicyclic) bond motifs is 4. The molecular weight excluding hydrogens is 1190 g/mol. The molecule has 0 bridgehead atoms. The largest absolute Gasteiger partial charge is 0.545 e. The number of carbonyl (C=O) groups is 3. The van der Waals surface area contributed by atoms with Crippen LogP contribution in [0.2, 0.25) is 0 Å². The van der Waals surface area contributed by atoms with Crippen molar-refractivity contribution in [2.75, 3.05) is 38.0 Å². The fraction of sp³-hybridized carbons (Fsp3) is 0.188. The zero-order valence-electron chi connectivity index (χ0n) is 55.8. The normalized spacial score (nSPS) is 11.6. The number of aromatic nitrogens is 4. The van der Waals surface area contributed by atoms with Gasteiger partial charge in [0.2, 0.25) is 22.4 Å². The van der Waals surface area contributed by atoms with E-state index in [1.54, 1.807) is 62.4 Å².